The number of benzene rings is 1. The Morgan fingerprint density at radius 2 is 2.05 bits per heavy atom. The van der Waals surface area contributed by atoms with Gasteiger partial charge in [0.05, 0.1) is 16.8 Å². The Morgan fingerprint density at radius 3 is 2.60 bits per heavy atom. The van der Waals surface area contributed by atoms with Crippen molar-refractivity contribution in [2.75, 3.05) is 5.73 Å². The van der Waals surface area contributed by atoms with Crippen LogP contribution in [0.1, 0.15) is 38.6 Å². The number of rotatable bonds is 3. The number of nitrogen functional groups attached to an aromatic ring is 1. The molecule has 0 bridgehead atoms. The van der Waals surface area contributed by atoms with E-state index in [1.807, 2.05) is 6.92 Å². The van der Waals surface area contributed by atoms with Gasteiger partial charge in [0, 0.05) is 15.3 Å². The lowest BCUT2D eigenvalue weighted by atomic mass is 10.1. The fourth-order valence-electron chi connectivity index (χ4n) is 2.11. The molecule has 0 fully saturated rings. The maximum Gasteiger partial charge on any atom is 0.251 e. The lowest BCUT2D eigenvalue weighted by Gasteiger charge is -2.14. The van der Waals surface area contributed by atoms with Gasteiger partial charge in [0.15, 0.2) is 0 Å². The van der Waals surface area contributed by atoms with Crippen LogP contribution in [0.3, 0.4) is 0 Å². The van der Waals surface area contributed by atoms with Gasteiger partial charge in [-0.3, -0.25) is 4.79 Å². The number of carbonyl (C=O) groups excluding carboxylic acids is 1. The van der Waals surface area contributed by atoms with E-state index in [-0.39, 0.29) is 11.9 Å². The van der Waals surface area contributed by atoms with Crippen LogP contribution >= 0.6 is 22.9 Å². The number of nitrogens with one attached hydrogen (secondary N) is 1. The summed E-state index contributed by atoms with van der Waals surface area (Å²) >= 11 is 7.67. The van der Waals surface area contributed by atoms with Crippen LogP contribution in [0.4, 0.5) is 5.69 Å². The minimum absolute atomic E-state index is 0.0382. The van der Waals surface area contributed by atoms with Crippen molar-refractivity contribution >= 4 is 34.5 Å². The highest BCUT2D eigenvalue weighted by Crippen LogP contribution is 2.26. The monoisotopic (exact) mass is 308 g/mol. The predicted molar refractivity (Wildman–Crippen MR) is 85.5 cm³/mol. The smallest absolute Gasteiger partial charge is 0.251 e. The molecular formula is C15H17ClN2OS. The summed E-state index contributed by atoms with van der Waals surface area (Å²) in [5.41, 5.74) is 7.78. The first kappa shape index (κ1) is 14.9. The SMILES string of the molecule is Cc1cc(C(C)NC(=O)c2ccc(N)c(Cl)c2)c(C)s1. The lowest BCUT2D eigenvalue weighted by Crippen LogP contribution is -2.26. The van der Waals surface area contributed by atoms with E-state index in [9.17, 15) is 4.79 Å². The Balaban J connectivity index is 2.15. The molecule has 3 N–H and O–H groups in total. The zero-order valence-electron chi connectivity index (χ0n) is 11.7. The van der Waals surface area contributed by atoms with Gasteiger partial charge in [0.25, 0.3) is 5.91 Å². The summed E-state index contributed by atoms with van der Waals surface area (Å²) in [6.45, 7) is 6.11. The minimum Gasteiger partial charge on any atom is -0.398 e. The molecule has 2 rings (SSSR count). The van der Waals surface area contributed by atoms with Crippen LogP contribution in [0.25, 0.3) is 0 Å². The van der Waals surface area contributed by atoms with Gasteiger partial charge in [0.1, 0.15) is 0 Å². The normalized spacial score (nSPS) is 12.2. The molecule has 1 aromatic heterocycles. The number of carbonyl (C=O) groups is 1. The molecule has 5 heteroatoms. The van der Waals surface area contributed by atoms with Gasteiger partial charge in [-0.25, -0.2) is 0 Å². The molecular weight excluding hydrogens is 292 g/mol. The molecule has 1 heterocycles. The first-order valence-corrected chi connectivity index (χ1v) is 7.50. The summed E-state index contributed by atoms with van der Waals surface area (Å²) < 4.78 is 0. The molecule has 3 nitrogen and oxygen atoms in total. The number of aryl methyl sites for hydroxylation is 2. The van der Waals surface area contributed by atoms with Crippen LogP contribution in [0.2, 0.25) is 5.02 Å². The Labute approximate surface area is 127 Å². The number of thiophene rings is 1. The Morgan fingerprint density at radius 1 is 1.35 bits per heavy atom. The fraction of sp³-hybridized carbons (Fsp3) is 0.267. The number of amides is 1. The molecule has 1 amide bonds. The highest BCUT2D eigenvalue weighted by Gasteiger charge is 2.15. The van der Waals surface area contributed by atoms with E-state index in [0.29, 0.717) is 16.3 Å². The summed E-state index contributed by atoms with van der Waals surface area (Å²) in [5.74, 6) is -0.150. The Hall–Kier alpha value is -1.52. The highest BCUT2D eigenvalue weighted by atomic mass is 35.5. The zero-order valence-corrected chi connectivity index (χ0v) is 13.2. The molecule has 1 atom stereocenters. The molecule has 0 aliphatic carbocycles. The first-order valence-electron chi connectivity index (χ1n) is 6.31. The van der Waals surface area contributed by atoms with Crippen molar-refractivity contribution in [2.45, 2.75) is 26.8 Å². The van der Waals surface area contributed by atoms with Gasteiger partial charge in [0.2, 0.25) is 0 Å². The molecule has 1 unspecified atom stereocenters. The molecule has 1 aromatic carbocycles. The maximum atomic E-state index is 12.2. The third-order valence-corrected chi connectivity index (χ3v) is 4.47. The maximum absolute atomic E-state index is 12.2. The van der Waals surface area contributed by atoms with Crippen molar-refractivity contribution in [1.29, 1.82) is 0 Å². The quantitative estimate of drug-likeness (QED) is 0.839. The fourth-order valence-corrected chi connectivity index (χ4v) is 3.31. The van der Waals surface area contributed by atoms with Crippen LogP contribution in [-0.4, -0.2) is 5.91 Å². The summed E-state index contributed by atoms with van der Waals surface area (Å²) in [6.07, 6.45) is 0. The van der Waals surface area contributed by atoms with E-state index >= 15 is 0 Å². The van der Waals surface area contributed by atoms with Crippen molar-refractivity contribution in [3.63, 3.8) is 0 Å². The van der Waals surface area contributed by atoms with Gasteiger partial charge in [-0.05, 0) is 50.6 Å². The van der Waals surface area contributed by atoms with Crippen molar-refractivity contribution in [3.05, 3.63) is 50.2 Å². The molecule has 0 saturated heterocycles. The van der Waals surface area contributed by atoms with E-state index in [1.165, 1.54) is 9.75 Å². The van der Waals surface area contributed by atoms with Gasteiger partial charge in [-0.2, -0.15) is 0 Å². The van der Waals surface area contributed by atoms with E-state index in [1.54, 1.807) is 29.5 Å². The van der Waals surface area contributed by atoms with Crippen LogP contribution in [-0.2, 0) is 0 Å². The van der Waals surface area contributed by atoms with E-state index in [4.69, 9.17) is 17.3 Å². The molecule has 0 spiro atoms. The van der Waals surface area contributed by atoms with Crippen molar-refractivity contribution < 1.29 is 4.79 Å². The van der Waals surface area contributed by atoms with Crippen LogP contribution in [0, 0.1) is 13.8 Å². The molecule has 2 aromatic rings. The zero-order chi connectivity index (χ0) is 14.9. The van der Waals surface area contributed by atoms with Crippen molar-refractivity contribution in [1.82, 2.24) is 5.32 Å². The third-order valence-electron chi connectivity index (χ3n) is 3.16. The second-order valence-electron chi connectivity index (χ2n) is 4.80. The summed E-state index contributed by atoms with van der Waals surface area (Å²) in [7, 11) is 0. The summed E-state index contributed by atoms with van der Waals surface area (Å²) in [4.78, 5) is 14.7. The topological polar surface area (TPSA) is 55.1 Å². The number of nitrogens with two attached hydrogens (primary N) is 1. The van der Waals surface area contributed by atoms with E-state index in [0.717, 1.165) is 5.56 Å². The third kappa shape index (κ3) is 3.14. The van der Waals surface area contributed by atoms with Crippen molar-refractivity contribution in [3.8, 4) is 0 Å². The standard InChI is InChI=1S/C15H17ClN2OS/c1-8-6-12(10(3)20-8)9(2)18-15(19)11-4-5-14(17)13(16)7-11/h4-7,9H,17H2,1-3H3,(H,18,19). The second-order valence-corrected chi connectivity index (χ2v) is 6.67. The van der Waals surface area contributed by atoms with Gasteiger partial charge in [-0.15, -0.1) is 11.3 Å². The average molecular weight is 309 g/mol. The lowest BCUT2D eigenvalue weighted by molar-refractivity contribution is 0.0940. The second kappa shape index (κ2) is 5.85. The minimum atomic E-state index is -0.150. The predicted octanol–water partition coefficient (Wildman–Crippen LogP) is 4.09. The van der Waals surface area contributed by atoms with E-state index in [2.05, 4.69) is 25.2 Å². The Kier molecular flexibility index (Phi) is 4.35. The largest absolute Gasteiger partial charge is 0.398 e. The molecule has 0 saturated carbocycles. The van der Waals surface area contributed by atoms with E-state index < -0.39 is 0 Å². The first-order chi connectivity index (χ1) is 9.38. The van der Waals surface area contributed by atoms with Gasteiger partial charge < -0.3 is 11.1 Å². The van der Waals surface area contributed by atoms with Crippen LogP contribution in [0.5, 0.6) is 0 Å². The summed E-state index contributed by atoms with van der Waals surface area (Å²) in [5, 5.41) is 3.38. The highest BCUT2D eigenvalue weighted by molar-refractivity contribution is 7.12. The van der Waals surface area contributed by atoms with Gasteiger partial charge in [-0.1, -0.05) is 11.6 Å². The number of hydrogen-bond donors (Lipinski definition) is 2. The summed E-state index contributed by atoms with van der Waals surface area (Å²) in [6, 6.07) is 6.98. The Bertz CT molecular complexity index is 651. The number of anilines is 1. The van der Waals surface area contributed by atoms with Crippen LogP contribution in [0.15, 0.2) is 24.3 Å². The molecule has 106 valence electrons. The molecule has 0 aliphatic heterocycles. The average Bonchev–Trinajstić information content (AvgIpc) is 2.71. The molecule has 0 aliphatic rings. The molecule has 0 radical (unpaired) electrons. The van der Waals surface area contributed by atoms with Crippen molar-refractivity contribution in [2.24, 2.45) is 0 Å². The van der Waals surface area contributed by atoms with Crippen LogP contribution < -0.4 is 11.1 Å². The number of hydrogen-bond acceptors (Lipinski definition) is 3. The number of halogens is 1. The molecule has 20 heavy (non-hydrogen) atoms. The van der Waals surface area contributed by atoms with Gasteiger partial charge >= 0.3 is 0 Å².